The van der Waals surface area contributed by atoms with Crippen LogP contribution in [0.4, 0.5) is 4.79 Å². The largest absolute Gasteiger partial charge is 0.444 e. The van der Waals surface area contributed by atoms with Crippen molar-refractivity contribution in [2.75, 3.05) is 13.1 Å². The Hall–Kier alpha value is -1.56. The van der Waals surface area contributed by atoms with Gasteiger partial charge in [0.2, 0.25) is 0 Å². The predicted octanol–water partition coefficient (Wildman–Crippen LogP) is 5.40. The molecule has 1 aromatic carbocycles. The van der Waals surface area contributed by atoms with E-state index < -0.39 is 5.60 Å². The van der Waals surface area contributed by atoms with Gasteiger partial charge in [0.1, 0.15) is 10.2 Å². The Morgan fingerprint density at radius 2 is 1.96 bits per heavy atom. The van der Waals surface area contributed by atoms with E-state index in [1.165, 1.54) is 0 Å². The van der Waals surface area contributed by atoms with E-state index >= 15 is 0 Å². The highest BCUT2D eigenvalue weighted by Crippen LogP contribution is 2.30. The van der Waals surface area contributed by atoms with Crippen LogP contribution in [0.1, 0.15) is 53.5 Å². The summed E-state index contributed by atoms with van der Waals surface area (Å²) in [5.41, 5.74) is 0.626. The Bertz CT molecular complexity index is 721. The number of piperidine rings is 1. The molecule has 1 fully saturated rings. The van der Waals surface area contributed by atoms with Crippen molar-refractivity contribution in [3.05, 3.63) is 28.9 Å². The summed E-state index contributed by atoms with van der Waals surface area (Å²) in [5, 5.41) is 5.74. The first-order valence-corrected chi connectivity index (χ1v) is 9.75. The lowest BCUT2D eigenvalue weighted by atomic mass is 10.1. The molecule has 6 heteroatoms. The van der Waals surface area contributed by atoms with Gasteiger partial charge in [0.05, 0.1) is 11.6 Å². The second kappa shape index (κ2) is 8.21. The third kappa shape index (κ3) is 4.75. The first kappa shape index (κ1) is 19.8. The van der Waals surface area contributed by atoms with Crippen molar-refractivity contribution in [3.63, 3.8) is 0 Å². The number of amides is 1. The van der Waals surface area contributed by atoms with Crippen molar-refractivity contribution >= 4 is 32.9 Å². The van der Waals surface area contributed by atoms with E-state index in [1.807, 2.05) is 51.4 Å². The lowest BCUT2D eigenvalue weighted by Gasteiger charge is -2.34. The number of carbonyl (C=O) groups is 1. The van der Waals surface area contributed by atoms with Crippen molar-refractivity contribution in [2.24, 2.45) is 0 Å². The topological polar surface area (TPSA) is 47.4 Å². The normalized spacial score (nSPS) is 17.8. The highest BCUT2D eigenvalue weighted by atomic mass is 79.9. The van der Waals surface area contributed by atoms with Gasteiger partial charge in [-0.3, -0.25) is 4.68 Å². The number of ether oxygens (including phenoxy) is 1. The molecule has 2 heterocycles. The van der Waals surface area contributed by atoms with Gasteiger partial charge in [-0.1, -0.05) is 32.0 Å². The Morgan fingerprint density at radius 1 is 1.28 bits per heavy atom. The molecule has 0 radical (unpaired) electrons. The molecular weight excluding hydrogens is 382 g/mol. The maximum absolute atomic E-state index is 12.3. The van der Waals surface area contributed by atoms with Crippen LogP contribution in [-0.4, -0.2) is 39.5 Å². The molecular formula is C19H28BrN3O2. The fourth-order valence-corrected chi connectivity index (χ4v) is 3.48. The standard InChI is InChI=1S/C17H22BrN3O2.C2H6/c1-17(2,3)23-16(22)20-10-6-7-12(11-20)21-14-9-5-4-8-13(14)15(18)19-21;1-2/h4-5,8-9,12H,6-7,10-11H2,1-3H3;1-2H3. The maximum Gasteiger partial charge on any atom is 0.410 e. The number of nitrogens with zero attached hydrogens (tertiary/aromatic N) is 3. The zero-order chi connectivity index (χ0) is 18.6. The fraction of sp³-hybridized carbons (Fsp3) is 0.579. The summed E-state index contributed by atoms with van der Waals surface area (Å²) in [4.78, 5) is 14.1. The molecule has 25 heavy (non-hydrogen) atoms. The summed E-state index contributed by atoms with van der Waals surface area (Å²) >= 11 is 3.53. The van der Waals surface area contributed by atoms with E-state index in [2.05, 4.69) is 33.2 Å². The number of halogens is 1. The molecule has 2 aromatic rings. The van der Waals surface area contributed by atoms with Crippen molar-refractivity contribution < 1.29 is 9.53 Å². The van der Waals surface area contributed by atoms with Crippen molar-refractivity contribution in [1.82, 2.24) is 14.7 Å². The van der Waals surface area contributed by atoms with Crippen LogP contribution in [0.3, 0.4) is 0 Å². The third-order valence-electron chi connectivity index (χ3n) is 3.96. The molecule has 3 rings (SSSR count). The molecule has 1 amide bonds. The SMILES string of the molecule is CC.CC(C)(C)OC(=O)N1CCCC(n2nc(Br)c3ccccc32)C1. The second-order valence-corrected chi connectivity index (χ2v) is 7.73. The average molecular weight is 410 g/mol. The summed E-state index contributed by atoms with van der Waals surface area (Å²) in [6.45, 7) is 11.1. The number of benzene rings is 1. The van der Waals surface area contributed by atoms with E-state index in [1.54, 1.807) is 4.90 Å². The summed E-state index contributed by atoms with van der Waals surface area (Å²) in [5.74, 6) is 0. The molecule has 1 unspecified atom stereocenters. The van der Waals surface area contributed by atoms with Crippen LogP contribution >= 0.6 is 15.9 Å². The van der Waals surface area contributed by atoms with Crippen LogP contribution in [0.5, 0.6) is 0 Å². The molecule has 1 atom stereocenters. The zero-order valence-corrected chi connectivity index (χ0v) is 17.3. The Balaban J connectivity index is 0.00000109. The molecule has 1 aliphatic rings. The minimum absolute atomic E-state index is 0.174. The fourth-order valence-electron chi connectivity index (χ4n) is 2.98. The van der Waals surface area contributed by atoms with Crippen LogP contribution in [0.25, 0.3) is 10.9 Å². The van der Waals surface area contributed by atoms with Crippen LogP contribution in [-0.2, 0) is 4.74 Å². The van der Waals surface area contributed by atoms with Crippen molar-refractivity contribution in [1.29, 1.82) is 0 Å². The molecule has 138 valence electrons. The monoisotopic (exact) mass is 409 g/mol. The van der Waals surface area contributed by atoms with E-state index in [0.717, 1.165) is 34.9 Å². The zero-order valence-electron chi connectivity index (χ0n) is 15.8. The Kier molecular flexibility index (Phi) is 6.49. The first-order chi connectivity index (χ1) is 11.8. The van der Waals surface area contributed by atoms with Gasteiger partial charge in [-0.2, -0.15) is 5.10 Å². The summed E-state index contributed by atoms with van der Waals surface area (Å²) in [6, 6.07) is 8.32. The summed E-state index contributed by atoms with van der Waals surface area (Å²) in [7, 11) is 0. The predicted molar refractivity (Wildman–Crippen MR) is 105 cm³/mol. The van der Waals surface area contributed by atoms with Crippen molar-refractivity contribution in [2.45, 2.75) is 59.1 Å². The van der Waals surface area contributed by atoms with Crippen LogP contribution in [0.15, 0.2) is 28.9 Å². The van der Waals surface area contributed by atoms with Gasteiger partial charge in [-0.25, -0.2) is 4.79 Å². The minimum Gasteiger partial charge on any atom is -0.444 e. The number of carbonyl (C=O) groups excluding carboxylic acids is 1. The average Bonchev–Trinajstić information content (AvgIpc) is 2.93. The minimum atomic E-state index is -0.467. The number of aromatic nitrogens is 2. The first-order valence-electron chi connectivity index (χ1n) is 8.96. The number of fused-ring (bicyclic) bond motifs is 1. The summed E-state index contributed by atoms with van der Waals surface area (Å²) in [6.07, 6.45) is 1.73. The molecule has 0 saturated carbocycles. The number of hydrogen-bond donors (Lipinski definition) is 0. The number of hydrogen-bond acceptors (Lipinski definition) is 3. The van der Waals surface area contributed by atoms with E-state index in [9.17, 15) is 4.79 Å². The van der Waals surface area contributed by atoms with Crippen LogP contribution < -0.4 is 0 Å². The van der Waals surface area contributed by atoms with Crippen LogP contribution in [0.2, 0.25) is 0 Å². The van der Waals surface area contributed by atoms with Gasteiger partial charge in [0, 0.05) is 18.5 Å². The number of para-hydroxylation sites is 1. The Morgan fingerprint density at radius 3 is 2.64 bits per heavy atom. The van der Waals surface area contributed by atoms with Crippen LogP contribution in [0, 0.1) is 0 Å². The van der Waals surface area contributed by atoms with Gasteiger partial charge in [-0.05, 0) is 55.6 Å². The molecule has 0 N–H and O–H groups in total. The quantitative estimate of drug-likeness (QED) is 0.633. The number of likely N-dealkylation sites (tertiary alicyclic amines) is 1. The molecule has 0 aliphatic carbocycles. The summed E-state index contributed by atoms with van der Waals surface area (Å²) < 4.78 is 8.39. The Labute approximate surface area is 158 Å². The molecule has 0 bridgehead atoms. The highest BCUT2D eigenvalue weighted by Gasteiger charge is 2.29. The smallest absolute Gasteiger partial charge is 0.410 e. The van der Waals surface area contributed by atoms with Gasteiger partial charge in [0.15, 0.2) is 0 Å². The van der Waals surface area contributed by atoms with Crippen molar-refractivity contribution in [3.8, 4) is 0 Å². The molecule has 1 aliphatic heterocycles. The second-order valence-electron chi connectivity index (χ2n) is 6.97. The van der Waals surface area contributed by atoms with Gasteiger partial charge in [0.25, 0.3) is 0 Å². The molecule has 1 aromatic heterocycles. The van der Waals surface area contributed by atoms with Gasteiger partial charge < -0.3 is 9.64 Å². The highest BCUT2D eigenvalue weighted by molar-refractivity contribution is 9.10. The van der Waals surface area contributed by atoms with Gasteiger partial charge >= 0.3 is 6.09 Å². The van der Waals surface area contributed by atoms with E-state index in [4.69, 9.17) is 4.74 Å². The van der Waals surface area contributed by atoms with Gasteiger partial charge in [-0.15, -0.1) is 0 Å². The number of rotatable bonds is 1. The molecule has 0 spiro atoms. The van der Waals surface area contributed by atoms with E-state index in [-0.39, 0.29) is 12.1 Å². The maximum atomic E-state index is 12.3. The lowest BCUT2D eigenvalue weighted by Crippen LogP contribution is -2.43. The lowest BCUT2D eigenvalue weighted by molar-refractivity contribution is 0.0169. The van der Waals surface area contributed by atoms with E-state index in [0.29, 0.717) is 6.54 Å². The molecule has 1 saturated heterocycles. The molecule has 5 nitrogen and oxygen atoms in total. The third-order valence-corrected chi connectivity index (χ3v) is 4.55.